The standard InChI is InChI=1S/C8H14N4O2S/c1-8(2-3-9-5-8)12-15(13,14)7-4-10-6-11-7/h4,6,9,12H,2-3,5H2,1H3,(H,10,11). The van der Waals surface area contributed by atoms with E-state index in [0.717, 1.165) is 13.0 Å². The van der Waals surface area contributed by atoms with E-state index in [9.17, 15) is 8.42 Å². The van der Waals surface area contributed by atoms with E-state index in [4.69, 9.17) is 0 Å². The molecule has 1 unspecified atom stereocenters. The van der Waals surface area contributed by atoms with Crippen molar-refractivity contribution < 1.29 is 8.42 Å². The van der Waals surface area contributed by atoms with Crippen LogP contribution in [0.3, 0.4) is 0 Å². The Bertz CT molecular complexity index is 420. The van der Waals surface area contributed by atoms with Gasteiger partial charge in [0.1, 0.15) is 0 Å². The molecule has 1 atom stereocenters. The van der Waals surface area contributed by atoms with E-state index in [0.29, 0.717) is 6.54 Å². The molecule has 1 saturated heterocycles. The number of nitrogens with zero attached hydrogens (tertiary/aromatic N) is 1. The minimum absolute atomic E-state index is 0.107. The van der Waals surface area contributed by atoms with E-state index in [2.05, 4.69) is 20.0 Å². The molecule has 84 valence electrons. The van der Waals surface area contributed by atoms with Crippen LogP contribution in [0.2, 0.25) is 0 Å². The monoisotopic (exact) mass is 230 g/mol. The van der Waals surface area contributed by atoms with Gasteiger partial charge < -0.3 is 10.3 Å². The Morgan fingerprint density at radius 2 is 2.40 bits per heavy atom. The second-order valence-corrected chi connectivity index (χ2v) is 5.66. The van der Waals surface area contributed by atoms with Crippen molar-refractivity contribution in [1.82, 2.24) is 20.0 Å². The Morgan fingerprint density at radius 1 is 1.60 bits per heavy atom. The van der Waals surface area contributed by atoms with Crippen LogP contribution in [-0.4, -0.2) is 37.0 Å². The van der Waals surface area contributed by atoms with E-state index in [1.165, 1.54) is 12.5 Å². The topological polar surface area (TPSA) is 86.9 Å². The van der Waals surface area contributed by atoms with E-state index in [1.807, 2.05) is 6.92 Å². The third-order valence-corrected chi connectivity index (χ3v) is 4.08. The molecule has 1 aromatic rings. The molecular weight excluding hydrogens is 216 g/mol. The molecule has 1 aromatic heterocycles. The van der Waals surface area contributed by atoms with Gasteiger partial charge in [-0.1, -0.05) is 0 Å². The lowest BCUT2D eigenvalue weighted by Crippen LogP contribution is -2.47. The van der Waals surface area contributed by atoms with E-state index in [1.54, 1.807) is 0 Å². The largest absolute Gasteiger partial charge is 0.335 e. The summed E-state index contributed by atoms with van der Waals surface area (Å²) < 4.78 is 26.4. The summed E-state index contributed by atoms with van der Waals surface area (Å²) in [5.41, 5.74) is -0.399. The molecule has 0 aliphatic carbocycles. The lowest BCUT2D eigenvalue weighted by molar-refractivity contribution is 0.451. The molecule has 1 aliphatic heterocycles. The quantitative estimate of drug-likeness (QED) is 0.649. The summed E-state index contributed by atoms with van der Waals surface area (Å²) in [6, 6.07) is 0. The van der Waals surface area contributed by atoms with E-state index < -0.39 is 15.6 Å². The Hall–Kier alpha value is -0.920. The molecule has 3 N–H and O–H groups in total. The van der Waals surface area contributed by atoms with Gasteiger partial charge in [0.15, 0.2) is 5.03 Å². The Kier molecular flexibility index (Phi) is 2.53. The predicted octanol–water partition coefficient (Wildman–Crippen LogP) is -0.560. The highest BCUT2D eigenvalue weighted by molar-refractivity contribution is 7.89. The summed E-state index contributed by atoms with van der Waals surface area (Å²) in [4.78, 5) is 6.28. The van der Waals surface area contributed by atoms with Crippen LogP contribution < -0.4 is 10.0 Å². The zero-order valence-electron chi connectivity index (χ0n) is 8.45. The minimum Gasteiger partial charge on any atom is -0.335 e. The maximum absolute atomic E-state index is 11.8. The first-order valence-electron chi connectivity index (χ1n) is 4.75. The maximum atomic E-state index is 11.8. The number of nitrogens with one attached hydrogen (secondary N) is 3. The first kappa shape index (κ1) is 10.6. The maximum Gasteiger partial charge on any atom is 0.258 e. The molecule has 6 nitrogen and oxygen atoms in total. The van der Waals surface area contributed by atoms with Crippen LogP contribution in [0.4, 0.5) is 0 Å². The molecule has 2 heterocycles. The SMILES string of the molecule is CC1(NS(=O)(=O)c2cnc[nH]2)CCNC1. The van der Waals surface area contributed by atoms with Gasteiger partial charge in [0, 0.05) is 12.1 Å². The number of hydrogen-bond donors (Lipinski definition) is 3. The van der Waals surface area contributed by atoms with Crippen molar-refractivity contribution in [1.29, 1.82) is 0 Å². The average Bonchev–Trinajstić information content (AvgIpc) is 2.73. The van der Waals surface area contributed by atoms with Crippen molar-refractivity contribution in [3.63, 3.8) is 0 Å². The molecule has 0 spiro atoms. The van der Waals surface area contributed by atoms with E-state index in [-0.39, 0.29) is 5.03 Å². The van der Waals surface area contributed by atoms with Crippen LogP contribution in [0.15, 0.2) is 17.6 Å². The van der Waals surface area contributed by atoms with Crippen LogP contribution in [-0.2, 0) is 10.0 Å². The fraction of sp³-hybridized carbons (Fsp3) is 0.625. The summed E-state index contributed by atoms with van der Waals surface area (Å²) in [5, 5.41) is 3.23. The zero-order chi connectivity index (χ0) is 10.9. The first-order chi connectivity index (χ1) is 7.02. The smallest absolute Gasteiger partial charge is 0.258 e. The molecule has 15 heavy (non-hydrogen) atoms. The van der Waals surface area contributed by atoms with E-state index >= 15 is 0 Å². The molecule has 0 radical (unpaired) electrons. The molecule has 0 aromatic carbocycles. The minimum atomic E-state index is -3.47. The van der Waals surface area contributed by atoms with Crippen LogP contribution in [0.1, 0.15) is 13.3 Å². The normalized spacial score (nSPS) is 27.0. The second-order valence-electron chi connectivity index (χ2n) is 4.01. The van der Waals surface area contributed by atoms with Gasteiger partial charge in [-0.2, -0.15) is 0 Å². The van der Waals surface area contributed by atoms with Crippen LogP contribution in [0.25, 0.3) is 0 Å². The molecule has 0 saturated carbocycles. The molecule has 1 aliphatic rings. The summed E-state index contributed by atoms with van der Waals surface area (Å²) >= 11 is 0. The predicted molar refractivity (Wildman–Crippen MR) is 54.8 cm³/mol. The number of sulfonamides is 1. The second kappa shape index (κ2) is 3.58. The van der Waals surface area contributed by atoms with Gasteiger partial charge in [-0.05, 0) is 19.9 Å². The fourth-order valence-electron chi connectivity index (χ4n) is 1.67. The molecule has 1 fully saturated rings. The fourth-order valence-corrected chi connectivity index (χ4v) is 3.01. The number of rotatable bonds is 3. The lowest BCUT2D eigenvalue weighted by Gasteiger charge is -2.23. The number of imidazole rings is 1. The highest BCUT2D eigenvalue weighted by Crippen LogP contribution is 2.16. The number of aromatic nitrogens is 2. The molecule has 7 heteroatoms. The lowest BCUT2D eigenvalue weighted by atomic mass is 10.0. The average molecular weight is 230 g/mol. The number of aromatic amines is 1. The summed E-state index contributed by atoms with van der Waals surface area (Å²) in [5.74, 6) is 0. The van der Waals surface area contributed by atoms with Gasteiger partial charge in [0.05, 0.1) is 12.5 Å². The summed E-state index contributed by atoms with van der Waals surface area (Å²) in [6.45, 7) is 3.38. The van der Waals surface area contributed by atoms with Crippen molar-refractivity contribution in [3.05, 3.63) is 12.5 Å². The van der Waals surface area contributed by atoms with Crippen LogP contribution >= 0.6 is 0 Å². The molecule has 0 amide bonds. The number of H-pyrrole nitrogens is 1. The molecule has 0 bridgehead atoms. The van der Waals surface area contributed by atoms with Crippen molar-refractivity contribution in [2.24, 2.45) is 0 Å². The van der Waals surface area contributed by atoms with Crippen LogP contribution in [0.5, 0.6) is 0 Å². The number of hydrogen-bond acceptors (Lipinski definition) is 4. The third kappa shape index (κ3) is 2.19. The van der Waals surface area contributed by atoms with Gasteiger partial charge in [-0.15, -0.1) is 0 Å². The molecular formula is C8H14N4O2S. The zero-order valence-corrected chi connectivity index (χ0v) is 9.26. The van der Waals surface area contributed by atoms with Crippen LogP contribution in [0, 0.1) is 0 Å². The first-order valence-corrected chi connectivity index (χ1v) is 6.23. The molecule has 2 rings (SSSR count). The summed E-state index contributed by atoms with van der Waals surface area (Å²) in [7, 11) is -3.47. The Morgan fingerprint density at radius 3 is 2.93 bits per heavy atom. The van der Waals surface area contributed by atoms with Crippen molar-refractivity contribution in [2.75, 3.05) is 13.1 Å². The summed E-state index contributed by atoms with van der Waals surface area (Å²) in [6.07, 6.45) is 3.44. The highest BCUT2D eigenvalue weighted by Gasteiger charge is 2.33. The van der Waals surface area contributed by atoms with Gasteiger partial charge in [0.25, 0.3) is 10.0 Å². The van der Waals surface area contributed by atoms with Crippen molar-refractivity contribution >= 4 is 10.0 Å². The van der Waals surface area contributed by atoms with Gasteiger partial charge in [0.2, 0.25) is 0 Å². The third-order valence-electron chi connectivity index (χ3n) is 2.51. The highest BCUT2D eigenvalue weighted by atomic mass is 32.2. The van der Waals surface area contributed by atoms with Gasteiger partial charge in [-0.25, -0.2) is 18.1 Å². The Labute approximate surface area is 88.5 Å². The van der Waals surface area contributed by atoms with Gasteiger partial charge >= 0.3 is 0 Å². The van der Waals surface area contributed by atoms with Crippen molar-refractivity contribution in [2.45, 2.75) is 23.9 Å². The Balaban J connectivity index is 2.18. The van der Waals surface area contributed by atoms with Gasteiger partial charge in [-0.3, -0.25) is 0 Å². The van der Waals surface area contributed by atoms with Crippen molar-refractivity contribution in [3.8, 4) is 0 Å².